The number of hydrogen-bond donors (Lipinski definition) is 1. The molecule has 0 aliphatic rings. The molecule has 0 saturated carbocycles. The summed E-state index contributed by atoms with van der Waals surface area (Å²) >= 11 is 0. The van der Waals surface area contributed by atoms with E-state index in [2.05, 4.69) is 25.6 Å². The summed E-state index contributed by atoms with van der Waals surface area (Å²) in [6.07, 6.45) is 4.76. The molecule has 2 aromatic carbocycles. The van der Waals surface area contributed by atoms with E-state index < -0.39 is 17.4 Å². The van der Waals surface area contributed by atoms with E-state index in [1.807, 2.05) is 36.4 Å². The van der Waals surface area contributed by atoms with Gasteiger partial charge in [0.25, 0.3) is 0 Å². The van der Waals surface area contributed by atoms with E-state index >= 15 is 0 Å². The lowest BCUT2D eigenvalue weighted by molar-refractivity contribution is -0.157. The fraction of sp³-hybridized carbons (Fsp3) is 0.484. The van der Waals surface area contributed by atoms with Crippen LogP contribution in [0.4, 0.5) is 0 Å². The average molecular weight is 527 g/mol. The van der Waals surface area contributed by atoms with Gasteiger partial charge in [-0.1, -0.05) is 50.6 Å². The smallest absolute Gasteiger partial charge is 0.333 e. The third-order valence-corrected chi connectivity index (χ3v) is 6.09. The Morgan fingerprint density at radius 2 is 1.45 bits per heavy atom. The molecule has 7 heteroatoms. The lowest BCUT2D eigenvalue weighted by Gasteiger charge is -2.23. The van der Waals surface area contributed by atoms with E-state index in [1.165, 1.54) is 24.8 Å². The molecule has 0 aromatic heterocycles. The SMILES string of the molecule is C=C(C)C(=O)OCC(COC(=O)C(C)(C)CO)c1ccc(OCCOc2ccc(CCCCC)cc2)cc1. The first-order valence-corrected chi connectivity index (χ1v) is 13.2. The molecule has 0 fully saturated rings. The molecule has 0 amide bonds. The van der Waals surface area contributed by atoms with Crippen LogP contribution in [-0.4, -0.2) is 50.1 Å². The summed E-state index contributed by atoms with van der Waals surface area (Å²) in [5.74, 6) is 0.0541. The van der Waals surface area contributed by atoms with Crippen molar-refractivity contribution < 1.29 is 33.6 Å². The van der Waals surface area contributed by atoms with Crippen molar-refractivity contribution in [2.75, 3.05) is 33.0 Å². The minimum absolute atomic E-state index is 0.00281. The van der Waals surface area contributed by atoms with Gasteiger partial charge in [-0.15, -0.1) is 0 Å². The van der Waals surface area contributed by atoms with Crippen molar-refractivity contribution in [3.63, 3.8) is 0 Å². The third-order valence-electron chi connectivity index (χ3n) is 6.09. The molecule has 0 saturated heterocycles. The quantitative estimate of drug-likeness (QED) is 0.162. The Hall–Kier alpha value is -3.32. The third kappa shape index (κ3) is 10.6. The first-order chi connectivity index (χ1) is 18.2. The highest BCUT2D eigenvalue weighted by atomic mass is 16.5. The maximum Gasteiger partial charge on any atom is 0.333 e. The van der Waals surface area contributed by atoms with Gasteiger partial charge in [0.15, 0.2) is 0 Å². The summed E-state index contributed by atoms with van der Waals surface area (Å²) in [6, 6.07) is 15.5. The van der Waals surface area contributed by atoms with Gasteiger partial charge in [-0.3, -0.25) is 4.79 Å². The lowest BCUT2D eigenvalue weighted by Crippen LogP contribution is -2.32. The highest BCUT2D eigenvalue weighted by Gasteiger charge is 2.29. The predicted molar refractivity (Wildman–Crippen MR) is 147 cm³/mol. The summed E-state index contributed by atoms with van der Waals surface area (Å²) in [5, 5.41) is 9.41. The van der Waals surface area contributed by atoms with Crippen molar-refractivity contribution in [1.29, 1.82) is 0 Å². The highest BCUT2D eigenvalue weighted by molar-refractivity contribution is 5.86. The molecule has 1 atom stereocenters. The normalized spacial score (nSPS) is 11.9. The van der Waals surface area contributed by atoms with Crippen LogP contribution in [-0.2, 0) is 25.5 Å². The highest BCUT2D eigenvalue weighted by Crippen LogP contribution is 2.23. The summed E-state index contributed by atoms with van der Waals surface area (Å²) in [4.78, 5) is 24.2. The number of aliphatic hydroxyl groups is 1. The zero-order valence-electron chi connectivity index (χ0n) is 23.2. The molecule has 7 nitrogen and oxygen atoms in total. The molecule has 0 spiro atoms. The van der Waals surface area contributed by atoms with Gasteiger partial charge >= 0.3 is 11.9 Å². The number of hydrogen-bond acceptors (Lipinski definition) is 7. The van der Waals surface area contributed by atoms with Gasteiger partial charge in [-0.25, -0.2) is 4.79 Å². The first kappa shape index (κ1) is 30.9. The summed E-state index contributed by atoms with van der Waals surface area (Å²) in [7, 11) is 0. The molecular weight excluding hydrogens is 484 g/mol. The molecule has 1 N–H and O–H groups in total. The zero-order chi connectivity index (χ0) is 28.0. The molecule has 0 bridgehead atoms. The second kappa shape index (κ2) is 15.8. The van der Waals surface area contributed by atoms with Crippen LogP contribution in [0, 0.1) is 5.41 Å². The molecule has 0 aliphatic carbocycles. The van der Waals surface area contributed by atoms with Gasteiger partial charge < -0.3 is 24.1 Å². The molecule has 1 unspecified atom stereocenters. The van der Waals surface area contributed by atoms with Crippen molar-refractivity contribution in [2.24, 2.45) is 5.41 Å². The molecular formula is C31H42O7. The molecule has 0 heterocycles. The number of rotatable bonds is 17. The van der Waals surface area contributed by atoms with Crippen molar-refractivity contribution in [3.8, 4) is 11.5 Å². The van der Waals surface area contributed by atoms with Crippen LogP contribution in [0.1, 0.15) is 64.0 Å². The zero-order valence-corrected chi connectivity index (χ0v) is 23.2. The number of ether oxygens (including phenoxy) is 4. The second-order valence-corrected chi connectivity index (χ2v) is 10.1. The molecule has 208 valence electrons. The first-order valence-electron chi connectivity index (χ1n) is 13.2. The standard InChI is InChI=1S/C31H42O7/c1-6-7-8-9-24-10-14-27(15-11-24)35-18-19-36-28-16-12-25(13-17-28)26(20-37-29(33)23(2)3)21-38-30(34)31(4,5)22-32/h10-17,26,32H,2,6-9,18-22H2,1,3-5H3. The van der Waals surface area contributed by atoms with Crippen LogP contribution < -0.4 is 9.47 Å². The van der Waals surface area contributed by atoms with E-state index in [1.54, 1.807) is 20.8 Å². The van der Waals surface area contributed by atoms with Gasteiger partial charge in [0.2, 0.25) is 0 Å². The van der Waals surface area contributed by atoms with Crippen LogP contribution >= 0.6 is 0 Å². The molecule has 0 aliphatic heterocycles. The lowest BCUT2D eigenvalue weighted by atomic mass is 9.95. The van der Waals surface area contributed by atoms with E-state index in [4.69, 9.17) is 18.9 Å². The van der Waals surface area contributed by atoms with Crippen LogP contribution in [0.25, 0.3) is 0 Å². The Kier molecular flexibility index (Phi) is 12.9. The maximum absolute atomic E-state index is 12.3. The Morgan fingerprint density at radius 1 is 0.895 bits per heavy atom. The monoisotopic (exact) mass is 526 g/mol. The Balaban J connectivity index is 1.88. The largest absolute Gasteiger partial charge is 0.490 e. The van der Waals surface area contributed by atoms with Crippen molar-refractivity contribution in [2.45, 2.75) is 59.3 Å². The van der Waals surface area contributed by atoms with E-state index in [9.17, 15) is 14.7 Å². The Labute approximate surface area is 226 Å². The number of carbonyl (C=O) groups excluding carboxylic acids is 2. The van der Waals surface area contributed by atoms with E-state index in [-0.39, 0.29) is 31.3 Å². The number of esters is 2. The number of unbranched alkanes of at least 4 members (excludes halogenated alkanes) is 2. The van der Waals surface area contributed by atoms with Crippen LogP contribution in [0.3, 0.4) is 0 Å². The van der Waals surface area contributed by atoms with Gasteiger partial charge in [0.1, 0.15) is 37.9 Å². The minimum Gasteiger partial charge on any atom is -0.490 e. The number of benzene rings is 2. The van der Waals surface area contributed by atoms with Crippen LogP contribution in [0.15, 0.2) is 60.7 Å². The van der Waals surface area contributed by atoms with Gasteiger partial charge in [-0.05, 0) is 69.0 Å². The number of aryl methyl sites for hydroxylation is 1. The fourth-order valence-electron chi connectivity index (χ4n) is 3.46. The molecule has 2 aromatic rings. The fourth-order valence-corrected chi connectivity index (χ4v) is 3.46. The minimum atomic E-state index is -1.02. The van der Waals surface area contributed by atoms with Gasteiger partial charge in [0.05, 0.1) is 17.9 Å². The van der Waals surface area contributed by atoms with Crippen molar-refractivity contribution >= 4 is 11.9 Å². The van der Waals surface area contributed by atoms with E-state index in [0.717, 1.165) is 17.7 Å². The van der Waals surface area contributed by atoms with Gasteiger partial charge in [-0.2, -0.15) is 0 Å². The predicted octanol–water partition coefficient (Wildman–Crippen LogP) is 5.64. The van der Waals surface area contributed by atoms with Crippen LogP contribution in [0.2, 0.25) is 0 Å². The van der Waals surface area contributed by atoms with Crippen molar-refractivity contribution in [3.05, 3.63) is 71.8 Å². The topological polar surface area (TPSA) is 91.3 Å². The van der Waals surface area contributed by atoms with Crippen LogP contribution in [0.5, 0.6) is 11.5 Å². The molecule has 0 radical (unpaired) electrons. The Morgan fingerprint density at radius 3 is 1.97 bits per heavy atom. The second-order valence-electron chi connectivity index (χ2n) is 10.1. The summed E-state index contributed by atoms with van der Waals surface area (Å²) < 4.78 is 22.3. The summed E-state index contributed by atoms with van der Waals surface area (Å²) in [5.41, 5.74) is 1.41. The van der Waals surface area contributed by atoms with E-state index in [0.29, 0.717) is 19.0 Å². The number of carbonyl (C=O) groups is 2. The maximum atomic E-state index is 12.3. The molecule has 38 heavy (non-hydrogen) atoms. The van der Waals surface area contributed by atoms with Crippen molar-refractivity contribution in [1.82, 2.24) is 0 Å². The van der Waals surface area contributed by atoms with Gasteiger partial charge in [0, 0.05) is 5.57 Å². The summed E-state index contributed by atoms with van der Waals surface area (Å²) in [6.45, 7) is 11.0. The average Bonchev–Trinajstić information content (AvgIpc) is 2.92. The number of aliphatic hydroxyl groups excluding tert-OH is 1. The molecule has 2 rings (SSSR count). The Bertz CT molecular complexity index is 1010.